The van der Waals surface area contributed by atoms with Crippen LogP contribution in [0, 0.1) is 13.8 Å². The van der Waals surface area contributed by atoms with Gasteiger partial charge < -0.3 is 0 Å². The van der Waals surface area contributed by atoms with Crippen LogP contribution in [0.15, 0.2) is 72.9 Å². The fourth-order valence-corrected chi connectivity index (χ4v) is 3.82. The van der Waals surface area contributed by atoms with Gasteiger partial charge in [-0.25, -0.2) is 4.98 Å². The summed E-state index contributed by atoms with van der Waals surface area (Å²) in [6.07, 6.45) is 1.89. The van der Waals surface area contributed by atoms with Gasteiger partial charge in [0, 0.05) is 16.3 Å². The van der Waals surface area contributed by atoms with E-state index < -0.39 is 0 Å². The molecule has 0 bridgehead atoms. The summed E-state index contributed by atoms with van der Waals surface area (Å²) in [5, 5.41) is 4.86. The van der Waals surface area contributed by atoms with Crippen molar-refractivity contribution in [3.05, 3.63) is 84.1 Å². The Morgan fingerprint density at radius 1 is 0.692 bits per heavy atom. The highest BCUT2D eigenvalue weighted by molar-refractivity contribution is 6.24. The normalized spacial score (nSPS) is 11.5. The molecule has 0 aliphatic carbocycles. The van der Waals surface area contributed by atoms with E-state index in [1.54, 1.807) is 0 Å². The summed E-state index contributed by atoms with van der Waals surface area (Å²) in [6.45, 7) is 4.29. The van der Waals surface area contributed by atoms with Crippen LogP contribution in [0.25, 0.3) is 43.8 Å². The molecule has 2 nitrogen and oxygen atoms in total. The number of aromatic nitrogens is 2. The van der Waals surface area contributed by atoms with Crippen LogP contribution in [-0.2, 0) is 0 Å². The van der Waals surface area contributed by atoms with Crippen LogP contribution in [0.4, 0.5) is 0 Å². The van der Waals surface area contributed by atoms with E-state index in [-0.39, 0.29) is 0 Å². The average molecular weight is 334 g/mol. The molecule has 0 N–H and O–H groups in total. The molecule has 2 heteroatoms. The Morgan fingerprint density at radius 2 is 1.54 bits per heavy atom. The van der Waals surface area contributed by atoms with E-state index in [0.29, 0.717) is 0 Å². The molecular formula is C24H18N2. The highest BCUT2D eigenvalue weighted by atomic mass is 14.8. The second-order valence-corrected chi connectivity index (χ2v) is 6.86. The molecule has 0 saturated heterocycles. The van der Waals surface area contributed by atoms with Crippen molar-refractivity contribution >= 4 is 32.6 Å². The Balaban J connectivity index is 1.99. The molecule has 0 amide bonds. The van der Waals surface area contributed by atoms with E-state index in [1.165, 1.54) is 32.7 Å². The Labute approximate surface area is 152 Å². The second-order valence-electron chi connectivity index (χ2n) is 6.86. The summed E-state index contributed by atoms with van der Waals surface area (Å²) in [4.78, 5) is 9.88. The third-order valence-corrected chi connectivity index (χ3v) is 5.07. The van der Waals surface area contributed by atoms with Crippen LogP contribution < -0.4 is 0 Å². The zero-order chi connectivity index (χ0) is 17.7. The maximum atomic E-state index is 5.03. The standard InChI is InChI=1S/C24H18N2/c1-15-11-12-18-20(13-15)24-23(19-10-6-7-16(2)22(18)19)25-14-21(26-24)17-8-4-3-5-9-17/h3-14H,1-2H3. The number of fused-ring (bicyclic) bond motifs is 6. The van der Waals surface area contributed by atoms with Crippen molar-refractivity contribution in [1.82, 2.24) is 9.97 Å². The molecule has 0 aliphatic heterocycles. The van der Waals surface area contributed by atoms with Gasteiger partial charge in [-0.3, -0.25) is 4.98 Å². The van der Waals surface area contributed by atoms with Gasteiger partial charge in [-0.05, 0) is 36.2 Å². The number of rotatable bonds is 1. The van der Waals surface area contributed by atoms with Gasteiger partial charge in [0.15, 0.2) is 0 Å². The first-order valence-electron chi connectivity index (χ1n) is 8.86. The molecule has 0 spiro atoms. The van der Waals surface area contributed by atoms with E-state index in [2.05, 4.69) is 62.4 Å². The third kappa shape index (κ3) is 2.19. The van der Waals surface area contributed by atoms with Crippen molar-refractivity contribution in [3.63, 3.8) is 0 Å². The van der Waals surface area contributed by atoms with Crippen molar-refractivity contribution in [2.75, 3.05) is 0 Å². The van der Waals surface area contributed by atoms with E-state index in [1.807, 2.05) is 24.4 Å². The summed E-state index contributed by atoms with van der Waals surface area (Å²) in [6, 6.07) is 23.3. The molecule has 0 aliphatic rings. The van der Waals surface area contributed by atoms with Crippen molar-refractivity contribution in [2.24, 2.45) is 0 Å². The van der Waals surface area contributed by atoms with Crippen LogP contribution in [0.2, 0.25) is 0 Å². The van der Waals surface area contributed by atoms with Gasteiger partial charge in [-0.2, -0.15) is 0 Å². The second kappa shape index (κ2) is 5.63. The predicted molar refractivity (Wildman–Crippen MR) is 109 cm³/mol. The number of aryl methyl sites for hydroxylation is 2. The number of hydrogen-bond acceptors (Lipinski definition) is 2. The van der Waals surface area contributed by atoms with Crippen LogP contribution >= 0.6 is 0 Å². The van der Waals surface area contributed by atoms with Gasteiger partial charge in [0.1, 0.15) is 0 Å². The molecule has 26 heavy (non-hydrogen) atoms. The van der Waals surface area contributed by atoms with Crippen LogP contribution in [0.5, 0.6) is 0 Å². The van der Waals surface area contributed by atoms with Crippen molar-refractivity contribution < 1.29 is 0 Å². The number of nitrogens with zero attached hydrogens (tertiary/aromatic N) is 2. The van der Waals surface area contributed by atoms with E-state index >= 15 is 0 Å². The smallest absolute Gasteiger partial charge is 0.0979 e. The van der Waals surface area contributed by atoms with Gasteiger partial charge in [-0.15, -0.1) is 0 Å². The lowest BCUT2D eigenvalue weighted by Gasteiger charge is -2.12. The highest BCUT2D eigenvalue weighted by Crippen LogP contribution is 2.36. The summed E-state index contributed by atoms with van der Waals surface area (Å²) in [7, 11) is 0. The van der Waals surface area contributed by atoms with E-state index in [0.717, 1.165) is 22.3 Å². The molecule has 1 heterocycles. The van der Waals surface area contributed by atoms with Crippen LogP contribution in [0.3, 0.4) is 0 Å². The zero-order valence-corrected chi connectivity index (χ0v) is 14.8. The highest BCUT2D eigenvalue weighted by Gasteiger charge is 2.13. The molecule has 0 fully saturated rings. The Kier molecular flexibility index (Phi) is 3.26. The Bertz CT molecular complexity index is 1290. The zero-order valence-electron chi connectivity index (χ0n) is 14.8. The Hall–Kier alpha value is -3.26. The molecule has 5 rings (SSSR count). The first kappa shape index (κ1) is 15.0. The largest absolute Gasteiger partial charge is 0.252 e. The van der Waals surface area contributed by atoms with Gasteiger partial charge in [0.2, 0.25) is 0 Å². The molecule has 0 radical (unpaired) electrons. The summed E-state index contributed by atoms with van der Waals surface area (Å²) in [5.41, 5.74) is 6.45. The topological polar surface area (TPSA) is 25.8 Å². The third-order valence-electron chi connectivity index (χ3n) is 5.07. The van der Waals surface area contributed by atoms with Crippen LogP contribution in [-0.4, -0.2) is 9.97 Å². The van der Waals surface area contributed by atoms with E-state index in [4.69, 9.17) is 9.97 Å². The molecule has 5 aromatic rings. The maximum absolute atomic E-state index is 5.03. The summed E-state index contributed by atoms with van der Waals surface area (Å²) in [5.74, 6) is 0. The van der Waals surface area contributed by atoms with Gasteiger partial charge in [0.25, 0.3) is 0 Å². The maximum Gasteiger partial charge on any atom is 0.0979 e. The summed E-state index contributed by atoms with van der Waals surface area (Å²) >= 11 is 0. The molecule has 0 unspecified atom stereocenters. The monoisotopic (exact) mass is 334 g/mol. The quantitative estimate of drug-likeness (QED) is 0.340. The first-order chi connectivity index (χ1) is 12.7. The number of benzene rings is 4. The lowest BCUT2D eigenvalue weighted by atomic mass is 9.95. The number of hydrogen-bond donors (Lipinski definition) is 0. The minimum atomic E-state index is 0.910. The lowest BCUT2D eigenvalue weighted by molar-refractivity contribution is 1.31. The molecular weight excluding hydrogens is 316 g/mol. The van der Waals surface area contributed by atoms with Gasteiger partial charge in [-0.1, -0.05) is 66.2 Å². The molecule has 0 atom stereocenters. The Morgan fingerprint density at radius 3 is 2.38 bits per heavy atom. The van der Waals surface area contributed by atoms with Crippen molar-refractivity contribution in [3.8, 4) is 11.3 Å². The van der Waals surface area contributed by atoms with E-state index in [9.17, 15) is 0 Å². The minimum Gasteiger partial charge on any atom is -0.252 e. The van der Waals surface area contributed by atoms with Crippen LogP contribution in [0.1, 0.15) is 11.1 Å². The minimum absolute atomic E-state index is 0.910. The fourth-order valence-electron chi connectivity index (χ4n) is 3.82. The van der Waals surface area contributed by atoms with Crippen molar-refractivity contribution in [1.29, 1.82) is 0 Å². The molecule has 124 valence electrons. The van der Waals surface area contributed by atoms with Crippen molar-refractivity contribution in [2.45, 2.75) is 13.8 Å². The fraction of sp³-hybridized carbons (Fsp3) is 0.0833. The SMILES string of the molecule is Cc1ccc2c(c1)c1nc(-c3ccccc3)cnc1c1cccc(C)c21. The molecule has 1 aromatic heterocycles. The predicted octanol–water partition coefficient (Wildman–Crippen LogP) is 6.22. The van der Waals surface area contributed by atoms with Gasteiger partial charge >= 0.3 is 0 Å². The lowest BCUT2D eigenvalue weighted by Crippen LogP contribution is -1.93. The molecule has 0 saturated carbocycles. The summed E-state index contributed by atoms with van der Waals surface area (Å²) < 4.78 is 0. The average Bonchev–Trinajstić information content (AvgIpc) is 2.68. The van der Waals surface area contributed by atoms with Gasteiger partial charge in [0.05, 0.1) is 22.9 Å². The first-order valence-corrected chi connectivity index (χ1v) is 8.86. The molecule has 4 aromatic carbocycles.